The fraction of sp³-hybridized carbons (Fsp3) is 0.400. The van der Waals surface area contributed by atoms with Crippen molar-refractivity contribution in [3.05, 3.63) is 22.3 Å². The van der Waals surface area contributed by atoms with E-state index < -0.39 is 0 Å². The minimum atomic E-state index is 0.558. The van der Waals surface area contributed by atoms with Crippen LogP contribution < -0.4 is 5.32 Å². The van der Waals surface area contributed by atoms with Crippen LogP contribution in [0.1, 0.15) is 5.56 Å². The molecule has 5 heteroatoms. The van der Waals surface area contributed by atoms with Crippen LogP contribution in [0.4, 0.5) is 5.82 Å². The fourth-order valence-corrected chi connectivity index (χ4v) is 1.39. The third-order valence-corrected chi connectivity index (χ3v) is 2.26. The predicted molar refractivity (Wildman–Crippen MR) is 63.7 cm³/mol. The lowest BCUT2D eigenvalue weighted by molar-refractivity contribution is 0.425. The van der Waals surface area contributed by atoms with Gasteiger partial charge in [-0.05, 0) is 36.1 Å². The molecule has 0 aliphatic rings. The quantitative estimate of drug-likeness (QED) is 0.903. The first kappa shape index (κ1) is 12.0. The van der Waals surface area contributed by atoms with Gasteiger partial charge in [0.2, 0.25) is 0 Å². The van der Waals surface area contributed by atoms with E-state index in [0.29, 0.717) is 11.4 Å². The van der Waals surface area contributed by atoms with E-state index in [4.69, 9.17) is 5.26 Å². The van der Waals surface area contributed by atoms with Crippen LogP contribution >= 0.6 is 15.9 Å². The van der Waals surface area contributed by atoms with E-state index in [1.165, 1.54) is 0 Å². The van der Waals surface area contributed by atoms with Crippen molar-refractivity contribution in [3.63, 3.8) is 0 Å². The number of rotatable bonds is 4. The minimum absolute atomic E-state index is 0.558. The number of nitrogens with one attached hydrogen (secondary N) is 1. The number of nitriles is 1. The van der Waals surface area contributed by atoms with Gasteiger partial charge in [0.25, 0.3) is 0 Å². The summed E-state index contributed by atoms with van der Waals surface area (Å²) in [5.41, 5.74) is 0.558. The molecule has 0 aliphatic heterocycles. The summed E-state index contributed by atoms with van der Waals surface area (Å²) < 4.78 is 0.817. The molecule has 0 saturated heterocycles. The second kappa shape index (κ2) is 5.69. The van der Waals surface area contributed by atoms with E-state index in [-0.39, 0.29) is 0 Å². The number of nitrogens with zero attached hydrogens (tertiary/aromatic N) is 3. The molecule has 0 amide bonds. The summed E-state index contributed by atoms with van der Waals surface area (Å²) >= 11 is 3.28. The molecule has 0 atom stereocenters. The SMILES string of the molecule is CN(C)CCNc1ncc(Br)cc1C#N. The van der Waals surface area contributed by atoms with E-state index >= 15 is 0 Å². The Morgan fingerprint density at radius 2 is 2.33 bits per heavy atom. The maximum absolute atomic E-state index is 8.89. The normalized spacial score (nSPS) is 10.1. The first-order valence-electron chi connectivity index (χ1n) is 4.57. The van der Waals surface area contributed by atoms with Gasteiger partial charge in [0.1, 0.15) is 11.9 Å². The summed E-state index contributed by atoms with van der Waals surface area (Å²) in [7, 11) is 4.00. The van der Waals surface area contributed by atoms with Gasteiger partial charge in [-0.15, -0.1) is 0 Å². The van der Waals surface area contributed by atoms with Gasteiger partial charge < -0.3 is 10.2 Å². The molecular formula is C10H13BrN4. The summed E-state index contributed by atoms with van der Waals surface area (Å²) in [5, 5.41) is 12.0. The third kappa shape index (κ3) is 3.86. The summed E-state index contributed by atoms with van der Waals surface area (Å²) in [6.07, 6.45) is 1.68. The maximum atomic E-state index is 8.89. The van der Waals surface area contributed by atoms with E-state index in [1.54, 1.807) is 12.3 Å². The summed E-state index contributed by atoms with van der Waals surface area (Å²) in [5.74, 6) is 0.641. The Kier molecular flexibility index (Phi) is 4.53. The monoisotopic (exact) mass is 268 g/mol. The molecule has 1 aromatic rings. The number of pyridine rings is 1. The Balaban J connectivity index is 2.65. The Bertz CT molecular complexity index is 370. The molecule has 0 fully saturated rings. The Labute approximate surface area is 98.0 Å². The van der Waals surface area contributed by atoms with Crippen LogP contribution in [0.15, 0.2) is 16.7 Å². The molecule has 0 aromatic carbocycles. The first-order valence-corrected chi connectivity index (χ1v) is 5.37. The fourth-order valence-electron chi connectivity index (χ4n) is 1.06. The lowest BCUT2D eigenvalue weighted by Gasteiger charge is -2.11. The molecule has 0 bridgehead atoms. The van der Waals surface area contributed by atoms with E-state index in [2.05, 4.69) is 37.2 Å². The second-order valence-electron chi connectivity index (χ2n) is 3.39. The summed E-state index contributed by atoms with van der Waals surface area (Å²) in [6.45, 7) is 1.68. The van der Waals surface area contributed by atoms with Gasteiger partial charge >= 0.3 is 0 Å². The smallest absolute Gasteiger partial charge is 0.144 e. The van der Waals surface area contributed by atoms with Crippen molar-refractivity contribution in [1.82, 2.24) is 9.88 Å². The maximum Gasteiger partial charge on any atom is 0.144 e. The van der Waals surface area contributed by atoms with Crippen LogP contribution in [0, 0.1) is 11.3 Å². The lowest BCUT2D eigenvalue weighted by Crippen LogP contribution is -2.21. The van der Waals surface area contributed by atoms with Crippen LogP contribution in [0.25, 0.3) is 0 Å². The van der Waals surface area contributed by atoms with Gasteiger partial charge in [-0.1, -0.05) is 0 Å². The van der Waals surface area contributed by atoms with Crippen molar-refractivity contribution in [2.24, 2.45) is 0 Å². The highest BCUT2D eigenvalue weighted by Gasteiger charge is 2.03. The second-order valence-corrected chi connectivity index (χ2v) is 4.31. The Morgan fingerprint density at radius 3 is 2.93 bits per heavy atom. The van der Waals surface area contributed by atoms with Crippen LogP contribution in [-0.2, 0) is 0 Å². The van der Waals surface area contributed by atoms with Gasteiger partial charge in [0.15, 0.2) is 0 Å². The average molecular weight is 269 g/mol. The van der Waals surface area contributed by atoms with Crippen LogP contribution in [0.5, 0.6) is 0 Å². The van der Waals surface area contributed by atoms with Crippen molar-refractivity contribution in [2.75, 3.05) is 32.5 Å². The zero-order valence-electron chi connectivity index (χ0n) is 8.79. The highest BCUT2D eigenvalue weighted by Crippen LogP contribution is 2.16. The molecule has 1 N–H and O–H groups in total. The van der Waals surface area contributed by atoms with Crippen LogP contribution in [0.3, 0.4) is 0 Å². The number of hydrogen-bond acceptors (Lipinski definition) is 4. The summed E-state index contributed by atoms with van der Waals surface area (Å²) in [4.78, 5) is 6.21. The molecule has 0 radical (unpaired) electrons. The molecule has 4 nitrogen and oxygen atoms in total. The number of aromatic nitrogens is 1. The topological polar surface area (TPSA) is 52.0 Å². The van der Waals surface area contributed by atoms with Crippen molar-refractivity contribution in [3.8, 4) is 6.07 Å². The molecule has 0 spiro atoms. The van der Waals surface area contributed by atoms with Crippen molar-refractivity contribution in [2.45, 2.75) is 0 Å². The molecule has 15 heavy (non-hydrogen) atoms. The zero-order chi connectivity index (χ0) is 11.3. The lowest BCUT2D eigenvalue weighted by atomic mass is 10.3. The van der Waals surface area contributed by atoms with Crippen molar-refractivity contribution < 1.29 is 0 Å². The molecule has 80 valence electrons. The predicted octanol–water partition coefficient (Wildman–Crippen LogP) is 1.69. The Morgan fingerprint density at radius 1 is 1.60 bits per heavy atom. The number of halogens is 1. The third-order valence-electron chi connectivity index (χ3n) is 1.83. The Hall–Kier alpha value is -1.12. The zero-order valence-corrected chi connectivity index (χ0v) is 10.4. The number of likely N-dealkylation sites (N-methyl/N-ethyl adjacent to an activating group) is 1. The van der Waals surface area contributed by atoms with Crippen LogP contribution in [0.2, 0.25) is 0 Å². The van der Waals surface area contributed by atoms with E-state index in [0.717, 1.165) is 17.6 Å². The van der Waals surface area contributed by atoms with Gasteiger partial charge in [0.05, 0.1) is 5.56 Å². The van der Waals surface area contributed by atoms with Crippen LogP contribution in [-0.4, -0.2) is 37.1 Å². The average Bonchev–Trinajstić information content (AvgIpc) is 2.19. The molecule has 0 unspecified atom stereocenters. The van der Waals surface area contributed by atoms with Gasteiger partial charge in [-0.2, -0.15) is 5.26 Å². The minimum Gasteiger partial charge on any atom is -0.368 e. The molecule has 0 saturated carbocycles. The first-order chi connectivity index (χ1) is 7.13. The molecule has 0 aliphatic carbocycles. The highest BCUT2D eigenvalue weighted by molar-refractivity contribution is 9.10. The van der Waals surface area contributed by atoms with Gasteiger partial charge in [-0.25, -0.2) is 4.98 Å². The molecule has 1 heterocycles. The molecule has 1 aromatic heterocycles. The van der Waals surface area contributed by atoms with Gasteiger partial charge in [0, 0.05) is 23.8 Å². The van der Waals surface area contributed by atoms with Crippen molar-refractivity contribution in [1.29, 1.82) is 5.26 Å². The number of hydrogen-bond donors (Lipinski definition) is 1. The largest absolute Gasteiger partial charge is 0.368 e. The molecule has 1 rings (SSSR count). The van der Waals surface area contributed by atoms with E-state index in [9.17, 15) is 0 Å². The summed E-state index contributed by atoms with van der Waals surface area (Å²) in [6, 6.07) is 3.86. The van der Waals surface area contributed by atoms with Crippen molar-refractivity contribution >= 4 is 21.7 Å². The number of anilines is 1. The van der Waals surface area contributed by atoms with Gasteiger partial charge in [-0.3, -0.25) is 0 Å². The van der Waals surface area contributed by atoms with E-state index in [1.807, 2.05) is 14.1 Å². The standard InChI is InChI=1S/C10H13BrN4/c1-15(2)4-3-13-10-8(6-12)5-9(11)7-14-10/h5,7H,3-4H2,1-2H3,(H,13,14). The molecular weight excluding hydrogens is 256 g/mol. The highest BCUT2D eigenvalue weighted by atomic mass is 79.9.